The fraction of sp³-hybridized carbons (Fsp3) is 0.778. The van der Waals surface area contributed by atoms with E-state index < -0.39 is 0 Å². The Morgan fingerprint density at radius 1 is 1.31 bits per heavy atom. The van der Waals surface area contributed by atoms with E-state index in [1.54, 1.807) is 6.92 Å². The van der Waals surface area contributed by atoms with Gasteiger partial charge in [-0.25, -0.2) is 0 Å². The molecule has 1 atom stereocenters. The molecule has 2 amide bonds. The number of amides is 2. The monoisotopic (exact) mass is 362 g/mol. The first-order valence-electron chi connectivity index (χ1n) is 9.47. The summed E-state index contributed by atoms with van der Waals surface area (Å²) in [4.78, 5) is 32.7. The van der Waals surface area contributed by atoms with Crippen molar-refractivity contribution in [3.8, 4) is 0 Å². The van der Waals surface area contributed by atoms with Crippen LogP contribution in [-0.2, 0) is 20.7 Å². The molecule has 2 saturated heterocycles. The number of nitrogens with zero attached hydrogens (tertiary/aromatic N) is 4. The Morgan fingerprint density at radius 2 is 2.04 bits per heavy atom. The Bertz CT molecular complexity index is 691. The number of morpholine rings is 1. The molecule has 8 nitrogen and oxygen atoms in total. The number of aromatic nitrogens is 2. The van der Waals surface area contributed by atoms with E-state index in [1.807, 2.05) is 9.80 Å². The van der Waals surface area contributed by atoms with Crippen molar-refractivity contribution < 1.29 is 18.8 Å². The van der Waals surface area contributed by atoms with E-state index >= 15 is 0 Å². The fourth-order valence-corrected chi connectivity index (χ4v) is 4.10. The summed E-state index contributed by atoms with van der Waals surface area (Å²) < 4.78 is 11.1. The van der Waals surface area contributed by atoms with Crippen LogP contribution in [0.4, 0.5) is 0 Å². The van der Waals surface area contributed by atoms with Crippen LogP contribution in [-0.4, -0.2) is 69.6 Å². The van der Waals surface area contributed by atoms with Gasteiger partial charge in [0, 0.05) is 19.6 Å². The lowest BCUT2D eigenvalue weighted by Gasteiger charge is -2.51. The first kappa shape index (κ1) is 17.5. The smallest absolute Gasteiger partial charge is 0.248 e. The highest BCUT2D eigenvalue weighted by Crippen LogP contribution is 2.38. The number of hydrogen-bond acceptors (Lipinski definition) is 6. The van der Waals surface area contributed by atoms with Gasteiger partial charge in [-0.05, 0) is 45.4 Å². The minimum Gasteiger partial charge on any atom is -0.363 e. The molecule has 0 aromatic carbocycles. The molecule has 0 radical (unpaired) electrons. The first-order chi connectivity index (χ1) is 12.5. The molecule has 3 heterocycles. The second-order valence-corrected chi connectivity index (χ2v) is 7.81. The highest BCUT2D eigenvalue weighted by molar-refractivity contribution is 5.79. The van der Waals surface area contributed by atoms with Gasteiger partial charge in [0.2, 0.25) is 17.7 Å². The van der Waals surface area contributed by atoms with Crippen LogP contribution in [0.25, 0.3) is 0 Å². The normalized spacial score (nSPS) is 25.8. The van der Waals surface area contributed by atoms with Crippen LogP contribution in [0.3, 0.4) is 0 Å². The van der Waals surface area contributed by atoms with E-state index in [0.29, 0.717) is 30.7 Å². The van der Waals surface area contributed by atoms with Crippen molar-refractivity contribution in [1.29, 1.82) is 0 Å². The lowest BCUT2D eigenvalue weighted by atomic mass is 9.82. The number of likely N-dealkylation sites (tertiary alicyclic amines) is 1. The molecule has 1 aliphatic carbocycles. The average Bonchev–Trinajstić information content (AvgIpc) is 3.36. The zero-order valence-electron chi connectivity index (χ0n) is 15.4. The molecule has 0 unspecified atom stereocenters. The zero-order chi connectivity index (χ0) is 18.3. The Labute approximate surface area is 152 Å². The molecule has 0 N–H and O–H groups in total. The molecule has 142 valence electrons. The fourth-order valence-electron chi connectivity index (χ4n) is 4.10. The molecular weight excluding hydrogens is 336 g/mol. The van der Waals surface area contributed by atoms with Gasteiger partial charge in [-0.15, -0.1) is 0 Å². The lowest BCUT2D eigenvalue weighted by Crippen LogP contribution is -2.64. The Morgan fingerprint density at radius 3 is 2.65 bits per heavy atom. The maximum absolute atomic E-state index is 12.5. The topological polar surface area (TPSA) is 88.8 Å². The van der Waals surface area contributed by atoms with E-state index in [1.165, 1.54) is 12.8 Å². The number of ether oxygens (including phenoxy) is 1. The quantitative estimate of drug-likeness (QED) is 0.792. The highest BCUT2D eigenvalue weighted by Gasteiger charge is 2.49. The Balaban J connectivity index is 1.37. The third-order valence-corrected chi connectivity index (χ3v) is 6.02. The van der Waals surface area contributed by atoms with Crippen molar-refractivity contribution in [3.05, 3.63) is 11.7 Å². The van der Waals surface area contributed by atoms with Crippen LogP contribution >= 0.6 is 0 Å². The van der Waals surface area contributed by atoms with Gasteiger partial charge >= 0.3 is 0 Å². The van der Waals surface area contributed by atoms with Crippen molar-refractivity contribution in [1.82, 2.24) is 19.9 Å². The number of carbonyl (C=O) groups is 2. The molecule has 1 saturated carbocycles. The molecule has 2 aliphatic heterocycles. The molecule has 4 rings (SSSR count). The van der Waals surface area contributed by atoms with E-state index in [2.05, 4.69) is 17.1 Å². The van der Waals surface area contributed by atoms with E-state index in [4.69, 9.17) is 9.26 Å². The molecule has 3 fully saturated rings. The zero-order valence-corrected chi connectivity index (χ0v) is 15.4. The van der Waals surface area contributed by atoms with Crippen LogP contribution in [0.1, 0.15) is 44.3 Å². The predicted octanol–water partition coefficient (Wildman–Crippen LogP) is 0.939. The molecular formula is C18H26N4O4. The van der Waals surface area contributed by atoms with Crippen LogP contribution in [0, 0.1) is 12.8 Å². The standard InChI is InChI=1S/C18H26N4O4/c1-12-18(25-11-17(24)22(12)10-14-3-4-14)5-7-21(8-6-18)16(23)9-15-19-13(2)20-26-15/h12,14H,3-11H2,1-2H3/t12-/m0/s1. The van der Waals surface area contributed by atoms with Gasteiger partial charge in [0.15, 0.2) is 5.82 Å². The van der Waals surface area contributed by atoms with Crippen molar-refractivity contribution in [2.75, 3.05) is 26.2 Å². The minimum absolute atomic E-state index is 0.00197. The highest BCUT2D eigenvalue weighted by atomic mass is 16.5. The predicted molar refractivity (Wildman–Crippen MR) is 91.1 cm³/mol. The number of hydrogen-bond donors (Lipinski definition) is 0. The number of aryl methyl sites for hydroxylation is 1. The van der Waals surface area contributed by atoms with Gasteiger partial charge in [-0.3, -0.25) is 9.59 Å². The summed E-state index contributed by atoms with van der Waals surface area (Å²) in [5, 5.41) is 3.72. The second-order valence-electron chi connectivity index (χ2n) is 7.81. The van der Waals surface area contributed by atoms with Gasteiger partial charge in [0.25, 0.3) is 0 Å². The summed E-state index contributed by atoms with van der Waals surface area (Å²) >= 11 is 0. The van der Waals surface area contributed by atoms with Crippen LogP contribution in [0.5, 0.6) is 0 Å². The Hall–Kier alpha value is -1.96. The summed E-state index contributed by atoms with van der Waals surface area (Å²) in [5.74, 6) is 1.65. The maximum Gasteiger partial charge on any atom is 0.248 e. The third-order valence-electron chi connectivity index (χ3n) is 6.02. The molecule has 1 spiro atoms. The van der Waals surface area contributed by atoms with Gasteiger partial charge in [0.1, 0.15) is 13.0 Å². The van der Waals surface area contributed by atoms with E-state index in [0.717, 1.165) is 19.4 Å². The minimum atomic E-state index is -0.333. The van der Waals surface area contributed by atoms with Gasteiger partial charge in [0.05, 0.1) is 11.6 Å². The molecule has 26 heavy (non-hydrogen) atoms. The van der Waals surface area contributed by atoms with Crippen LogP contribution in [0.15, 0.2) is 4.52 Å². The maximum atomic E-state index is 12.5. The number of carbonyl (C=O) groups excluding carboxylic acids is 2. The Kier molecular flexibility index (Phi) is 4.46. The van der Waals surface area contributed by atoms with Crippen molar-refractivity contribution in [3.63, 3.8) is 0 Å². The lowest BCUT2D eigenvalue weighted by molar-refractivity contribution is -0.188. The van der Waals surface area contributed by atoms with Crippen LogP contribution in [0.2, 0.25) is 0 Å². The van der Waals surface area contributed by atoms with E-state index in [9.17, 15) is 9.59 Å². The summed E-state index contributed by atoms with van der Waals surface area (Å²) in [6.07, 6.45) is 4.08. The van der Waals surface area contributed by atoms with Gasteiger partial charge in [-0.1, -0.05) is 5.16 Å². The summed E-state index contributed by atoms with van der Waals surface area (Å²) in [7, 11) is 0. The van der Waals surface area contributed by atoms with Gasteiger partial charge < -0.3 is 19.1 Å². The van der Waals surface area contributed by atoms with Crippen LogP contribution < -0.4 is 0 Å². The molecule has 0 bridgehead atoms. The van der Waals surface area contributed by atoms with Crippen molar-refractivity contribution in [2.45, 2.75) is 57.6 Å². The average molecular weight is 362 g/mol. The van der Waals surface area contributed by atoms with Crippen molar-refractivity contribution in [2.24, 2.45) is 5.92 Å². The number of rotatable bonds is 4. The van der Waals surface area contributed by atoms with Crippen molar-refractivity contribution >= 4 is 11.8 Å². The molecule has 3 aliphatic rings. The summed E-state index contributed by atoms with van der Waals surface area (Å²) in [6.45, 7) is 6.09. The molecule has 1 aromatic rings. The second kappa shape index (κ2) is 6.64. The molecule has 8 heteroatoms. The first-order valence-corrected chi connectivity index (χ1v) is 9.47. The summed E-state index contributed by atoms with van der Waals surface area (Å²) in [5.41, 5.74) is -0.333. The SMILES string of the molecule is Cc1noc(CC(=O)N2CCC3(CC2)OCC(=O)N(CC2CC2)[C@H]3C)n1. The number of piperidine rings is 1. The molecule has 1 aromatic heterocycles. The third kappa shape index (κ3) is 3.34. The largest absolute Gasteiger partial charge is 0.363 e. The van der Waals surface area contributed by atoms with Gasteiger partial charge in [-0.2, -0.15) is 4.98 Å². The summed E-state index contributed by atoms with van der Waals surface area (Å²) in [6, 6.07) is 0.0557. The van der Waals surface area contributed by atoms with E-state index in [-0.39, 0.29) is 36.5 Å².